The Balaban J connectivity index is 2.94. The first-order chi connectivity index (χ1) is 7.74. The number of hydrogen-bond acceptors (Lipinski definition) is 5. The Hall–Kier alpha value is -0.990. The lowest BCUT2D eigenvalue weighted by molar-refractivity contribution is 0.390. The number of nitrogens with one attached hydrogen (secondary N) is 1. The molecule has 0 amide bonds. The summed E-state index contributed by atoms with van der Waals surface area (Å²) in [5.74, 6) is 0.262. The van der Waals surface area contributed by atoms with Crippen LogP contribution in [0.15, 0.2) is 9.42 Å². The first-order valence-corrected chi connectivity index (χ1v) is 6.86. The fraction of sp³-hybridized carbons (Fsp3) is 0.556. The topological polar surface area (TPSA) is 98.2 Å². The van der Waals surface area contributed by atoms with E-state index in [1.54, 1.807) is 20.8 Å². The van der Waals surface area contributed by atoms with Crippen LogP contribution in [-0.2, 0) is 10.0 Å². The van der Waals surface area contributed by atoms with Crippen LogP contribution in [0.1, 0.15) is 24.8 Å². The monoisotopic (exact) mass is 277 g/mol. The van der Waals surface area contributed by atoms with Gasteiger partial charge in [0.25, 0.3) is 0 Å². The summed E-state index contributed by atoms with van der Waals surface area (Å²) < 4.78 is 31.4. The van der Waals surface area contributed by atoms with Crippen molar-refractivity contribution >= 4 is 27.2 Å². The molecular weight excluding hydrogens is 262 g/mol. The molecule has 1 aromatic heterocycles. The largest absolute Gasteiger partial charge is 0.393 e. The summed E-state index contributed by atoms with van der Waals surface area (Å²) >= 11 is 4.72. The molecule has 1 heterocycles. The molecule has 0 spiro atoms. The van der Waals surface area contributed by atoms with Gasteiger partial charge in [0.15, 0.2) is 5.76 Å². The minimum absolute atomic E-state index is 0.0762. The molecule has 0 radical (unpaired) electrons. The Morgan fingerprint density at radius 2 is 2.18 bits per heavy atom. The normalized spacial score (nSPS) is 13.6. The predicted molar refractivity (Wildman–Crippen MR) is 67.2 cm³/mol. The fourth-order valence-corrected chi connectivity index (χ4v) is 3.35. The molecule has 0 aliphatic rings. The smallest absolute Gasteiger partial charge is 0.246 e. The van der Waals surface area contributed by atoms with E-state index in [1.807, 2.05) is 0 Å². The Bertz CT molecular complexity index is 502. The summed E-state index contributed by atoms with van der Waals surface area (Å²) in [6.07, 6.45) is 0.304. The van der Waals surface area contributed by atoms with Gasteiger partial charge in [0.05, 0.1) is 4.99 Å². The highest BCUT2D eigenvalue weighted by molar-refractivity contribution is 7.89. The Kier molecular flexibility index (Phi) is 4.23. The lowest BCUT2D eigenvalue weighted by Gasteiger charge is -2.12. The maximum Gasteiger partial charge on any atom is 0.246 e. The van der Waals surface area contributed by atoms with Gasteiger partial charge in [-0.25, -0.2) is 13.1 Å². The number of thiocarbonyl (C=S) groups is 1. The van der Waals surface area contributed by atoms with Crippen molar-refractivity contribution in [1.29, 1.82) is 0 Å². The Morgan fingerprint density at radius 3 is 2.59 bits per heavy atom. The average Bonchev–Trinajstić information content (AvgIpc) is 2.43. The van der Waals surface area contributed by atoms with Crippen molar-refractivity contribution in [1.82, 2.24) is 9.88 Å². The zero-order chi connectivity index (χ0) is 13.2. The molecule has 8 heteroatoms. The van der Waals surface area contributed by atoms with E-state index in [2.05, 4.69) is 9.88 Å². The van der Waals surface area contributed by atoms with Gasteiger partial charge in [0.2, 0.25) is 10.0 Å². The summed E-state index contributed by atoms with van der Waals surface area (Å²) in [6.45, 7) is 4.81. The van der Waals surface area contributed by atoms with Gasteiger partial charge < -0.3 is 10.3 Å². The van der Waals surface area contributed by atoms with Crippen molar-refractivity contribution in [2.75, 3.05) is 0 Å². The zero-order valence-electron chi connectivity index (χ0n) is 9.85. The number of rotatable bonds is 5. The number of aromatic nitrogens is 1. The Morgan fingerprint density at radius 1 is 1.59 bits per heavy atom. The van der Waals surface area contributed by atoms with Gasteiger partial charge >= 0.3 is 0 Å². The molecule has 0 saturated carbocycles. The third kappa shape index (κ3) is 3.48. The van der Waals surface area contributed by atoms with Gasteiger partial charge in [-0.05, 0) is 20.8 Å². The summed E-state index contributed by atoms with van der Waals surface area (Å²) in [5.41, 5.74) is 5.69. The molecule has 0 aliphatic heterocycles. The standard InChI is InChI=1S/C9H15N3O3S2/c1-5(4-8(10)16)12-17(13,14)9-6(2)11-15-7(9)3/h5,12H,4H2,1-3H3,(H2,10,16). The van der Waals surface area contributed by atoms with Gasteiger partial charge in [-0.1, -0.05) is 17.4 Å². The van der Waals surface area contributed by atoms with Crippen LogP contribution in [0.5, 0.6) is 0 Å². The minimum atomic E-state index is -3.64. The molecule has 17 heavy (non-hydrogen) atoms. The Labute approximate surface area is 106 Å². The number of nitrogens with two attached hydrogens (primary N) is 1. The second-order valence-electron chi connectivity index (χ2n) is 3.85. The van der Waals surface area contributed by atoms with Crippen LogP contribution >= 0.6 is 12.2 Å². The lowest BCUT2D eigenvalue weighted by Crippen LogP contribution is -2.35. The zero-order valence-corrected chi connectivity index (χ0v) is 11.5. The van der Waals surface area contributed by atoms with Gasteiger partial charge in [-0.3, -0.25) is 0 Å². The summed E-state index contributed by atoms with van der Waals surface area (Å²) in [7, 11) is -3.64. The van der Waals surface area contributed by atoms with Gasteiger partial charge in [0.1, 0.15) is 10.6 Å². The minimum Gasteiger partial charge on any atom is -0.393 e. The summed E-state index contributed by atoms with van der Waals surface area (Å²) in [6, 6.07) is -0.369. The highest BCUT2D eigenvalue weighted by atomic mass is 32.2. The van der Waals surface area contributed by atoms with Crippen LogP contribution in [0.3, 0.4) is 0 Å². The van der Waals surface area contributed by atoms with E-state index in [0.29, 0.717) is 12.1 Å². The van der Waals surface area contributed by atoms with E-state index in [-0.39, 0.29) is 21.7 Å². The lowest BCUT2D eigenvalue weighted by atomic mass is 10.3. The van der Waals surface area contributed by atoms with Crippen LogP contribution in [0.2, 0.25) is 0 Å². The number of hydrogen-bond donors (Lipinski definition) is 2. The fourth-order valence-electron chi connectivity index (χ4n) is 1.53. The van der Waals surface area contributed by atoms with Crippen molar-refractivity contribution in [3.63, 3.8) is 0 Å². The van der Waals surface area contributed by atoms with Gasteiger partial charge in [-0.2, -0.15) is 0 Å². The van der Waals surface area contributed by atoms with E-state index >= 15 is 0 Å². The van der Waals surface area contributed by atoms with E-state index in [4.69, 9.17) is 22.5 Å². The highest BCUT2D eigenvalue weighted by Gasteiger charge is 2.25. The summed E-state index contributed by atoms with van der Waals surface area (Å²) in [4.78, 5) is 0.339. The van der Waals surface area contributed by atoms with Crippen LogP contribution < -0.4 is 10.5 Å². The molecule has 6 nitrogen and oxygen atoms in total. The number of aryl methyl sites for hydroxylation is 2. The molecule has 0 aromatic carbocycles. The van der Waals surface area contributed by atoms with Gasteiger partial charge in [-0.15, -0.1) is 0 Å². The first-order valence-electron chi connectivity index (χ1n) is 4.97. The maximum atomic E-state index is 12.0. The SMILES string of the molecule is Cc1noc(C)c1S(=O)(=O)NC(C)CC(N)=S. The number of nitrogens with zero attached hydrogens (tertiary/aromatic N) is 1. The molecule has 1 atom stereocenters. The molecule has 0 bridgehead atoms. The van der Waals surface area contributed by atoms with Crippen LogP contribution in [0, 0.1) is 13.8 Å². The van der Waals surface area contributed by atoms with Crippen LogP contribution in [-0.4, -0.2) is 24.6 Å². The van der Waals surface area contributed by atoms with Crippen molar-refractivity contribution < 1.29 is 12.9 Å². The van der Waals surface area contributed by atoms with Crippen molar-refractivity contribution in [2.24, 2.45) is 5.73 Å². The molecule has 96 valence electrons. The van der Waals surface area contributed by atoms with Crippen molar-refractivity contribution in [2.45, 2.75) is 38.1 Å². The van der Waals surface area contributed by atoms with Crippen molar-refractivity contribution in [3.8, 4) is 0 Å². The molecular formula is C9H15N3O3S2. The third-order valence-corrected chi connectivity index (χ3v) is 4.10. The van der Waals surface area contributed by atoms with E-state index < -0.39 is 10.0 Å². The van der Waals surface area contributed by atoms with E-state index in [1.165, 1.54) is 0 Å². The molecule has 1 unspecified atom stereocenters. The molecule has 0 fully saturated rings. The first kappa shape index (κ1) is 14.1. The van der Waals surface area contributed by atoms with Crippen molar-refractivity contribution in [3.05, 3.63) is 11.5 Å². The van der Waals surface area contributed by atoms with E-state index in [9.17, 15) is 8.42 Å². The molecule has 0 aliphatic carbocycles. The van der Waals surface area contributed by atoms with Crippen LogP contribution in [0.25, 0.3) is 0 Å². The quantitative estimate of drug-likeness (QED) is 0.766. The van der Waals surface area contributed by atoms with Gasteiger partial charge in [0, 0.05) is 12.5 Å². The van der Waals surface area contributed by atoms with Crippen LogP contribution in [0.4, 0.5) is 0 Å². The predicted octanol–water partition coefficient (Wildman–Crippen LogP) is 0.634. The average molecular weight is 277 g/mol. The molecule has 3 N–H and O–H groups in total. The van der Waals surface area contributed by atoms with E-state index in [0.717, 1.165) is 0 Å². The maximum absolute atomic E-state index is 12.0. The molecule has 1 rings (SSSR count). The second-order valence-corrected chi connectivity index (χ2v) is 6.02. The number of sulfonamides is 1. The highest BCUT2D eigenvalue weighted by Crippen LogP contribution is 2.19. The molecule has 1 aromatic rings. The molecule has 0 saturated heterocycles. The second kappa shape index (κ2) is 5.11. The summed E-state index contributed by atoms with van der Waals surface area (Å²) in [5, 5.41) is 3.61. The third-order valence-electron chi connectivity index (χ3n) is 2.10.